The molecule has 11 heavy (non-hydrogen) atoms. The number of rotatable bonds is 2. The van der Waals surface area contributed by atoms with E-state index >= 15 is 0 Å². The molecule has 0 aliphatic carbocycles. The third-order valence-electron chi connectivity index (χ3n) is 0.852. The molecule has 0 spiro atoms. The van der Waals surface area contributed by atoms with Crippen LogP contribution in [0.15, 0.2) is 13.7 Å². The minimum atomic E-state index is 0.288. The molecule has 0 aromatic carbocycles. The van der Waals surface area contributed by atoms with Crippen LogP contribution < -0.4 is 4.84 Å². The molecule has 0 bridgehead atoms. The summed E-state index contributed by atoms with van der Waals surface area (Å²) in [6, 6.07) is 0. The summed E-state index contributed by atoms with van der Waals surface area (Å²) < 4.78 is 1.79. The van der Waals surface area contributed by atoms with Crippen molar-refractivity contribution in [3.63, 3.8) is 0 Å². The van der Waals surface area contributed by atoms with Crippen molar-refractivity contribution in [3.8, 4) is 0 Å². The third-order valence-corrected chi connectivity index (χ3v) is 3.92. The number of carbonyl (C=O) groups is 1. The first kappa shape index (κ1) is 9.21. The number of hydrogen-bond donors (Lipinski definition) is 0. The molecule has 1 heterocycles. The van der Waals surface area contributed by atoms with Crippen LogP contribution in [0.3, 0.4) is 0 Å². The van der Waals surface area contributed by atoms with Crippen molar-refractivity contribution in [3.05, 3.63) is 13.7 Å². The highest BCUT2D eigenvalue weighted by Gasteiger charge is 2.11. The Morgan fingerprint density at radius 2 is 2.09 bits per heavy atom. The van der Waals surface area contributed by atoms with E-state index in [0.717, 1.165) is 4.85 Å². The summed E-state index contributed by atoms with van der Waals surface area (Å²) in [5, 5.41) is 3.79. The van der Waals surface area contributed by atoms with E-state index < -0.39 is 0 Å². The summed E-state index contributed by atoms with van der Waals surface area (Å²) in [5.74, 6) is 0. The van der Waals surface area contributed by atoms with E-state index in [1.807, 2.05) is 0 Å². The monoisotopic (exact) mass is 346 g/mol. The molecule has 0 atom stereocenters. The molecule has 0 saturated carbocycles. The van der Waals surface area contributed by atoms with Gasteiger partial charge in [0.2, 0.25) is 0 Å². The Morgan fingerprint density at radius 3 is 2.45 bits per heavy atom. The molecule has 1 aromatic rings. The highest BCUT2D eigenvalue weighted by atomic mass is 79.9. The Labute approximate surface area is 87.2 Å². The van der Waals surface area contributed by atoms with Gasteiger partial charge in [0.05, 0.1) is 4.47 Å². The number of aromatic nitrogens is 2. The van der Waals surface area contributed by atoms with Crippen LogP contribution >= 0.6 is 47.8 Å². The van der Waals surface area contributed by atoms with E-state index in [0.29, 0.717) is 13.7 Å². The molecule has 1 rings (SSSR count). The highest BCUT2D eigenvalue weighted by molar-refractivity contribution is 9.14. The fourth-order valence-electron chi connectivity index (χ4n) is 0.447. The molecule has 0 N–H and O–H groups in total. The standard InChI is InChI=1S/C4HBr3N2O2/c5-2-3(6)8-9(4(2)7)11-1-10/h1H. The van der Waals surface area contributed by atoms with Crippen molar-refractivity contribution in [2.24, 2.45) is 0 Å². The van der Waals surface area contributed by atoms with Gasteiger partial charge in [0.1, 0.15) is 4.60 Å². The lowest BCUT2D eigenvalue weighted by Crippen LogP contribution is -2.10. The SMILES string of the molecule is O=COn1nc(Br)c(Br)c1Br. The lowest BCUT2D eigenvalue weighted by atomic mass is 10.8. The van der Waals surface area contributed by atoms with Crippen LogP contribution in [0.5, 0.6) is 0 Å². The van der Waals surface area contributed by atoms with Crippen molar-refractivity contribution in [2.45, 2.75) is 0 Å². The zero-order valence-electron chi connectivity index (χ0n) is 4.92. The fourth-order valence-corrected chi connectivity index (χ4v) is 1.63. The number of nitrogens with zero attached hydrogens (tertiary/aromatic N) is 2. The first-order chi connectivity index (χ1) is 5.16. The largest absolute Gasteiger partial charge is 0.323 e. The Hall–Kier alpha value is 0.120. The molecule has 0 unspecified atom stereocenters. The van der Waals surface area contributed by atoms with Gasteiger partial charge in [0.25, 0.3) is 0 Å². The van der Waals surface area contributed by atoms with E-state index in [-0.39, 0.29) is 6.47 Å². The molecule has 4 nitrogen and oxygen atoms in total. The van der Waals surface area contributed by atoms with Crippen LogP contribution in [0.2, 0.25) is 0 Å². The van der Waals surface area contributed by atoms with Gasteiger partial charge in [-0.15, -0.1) is 5.10 Å². The van der Waals surface area contributed by atoms with E-state index in [2.05, 4.69) is 57.7 Å². The zero-order chi connectivity index (χ0) is 8.43. The topological polar surface area (TPSA) is 44.1 Å². The van der Waals surface area contributed by atoms with Gasteiger partial charge in [-0.1, -0.05) is 4.85 Å². The predicted molar refractivity (Wildman–Crippen MR) is 48.0 cm³/mol. The summed E-state index contributed by atoms with van der Waals surface area (Å²) >= 11 is 9.47. The minimum Gasteiger partial charge on any atom is -0.322 e. The van der Waals surface area contributed by atoms with E-state index in [1.165, 1.54) is 0 Å². The lowest BCUT2D eigenvalue weighted by molar-refractivity contribution is -0.131. The smallest absolute Gasteiger partial charge is 0.322 e. The fraction of sp³-hybridized carbons (Fsp3) is 0. The zero-order valence-corrected chi connectivity index (χ0v) is 9.68. The van der Waals surface area contributed by atoms with E-state index in [9.17, 15) is 4.79 Å². The quantitative estimate of drug-likeness (QED) is 0.765. The van der Waals surface area contributed by atoms with Gasteiger partial charge in [0, 0.05) is 0 Å². The molecule has 0 fully saturated rings. The first-order valence-corrected chi connectivity index (χ1v) is 4.75. The van der Waals surface area contributed by atoms with Crippen LogP contribution in [-0.2, 0) is 4.79 Å². The Kier molecular flexibility index (Phi) is 3.08. The van der Waals surface area contributed by atoms with Gasteiger partial charge in [-0.05, 0) is 47.8 Å². The molecule has 60 valence electrons. The summed E-state index contributed by atoms with van der Waals surface area (Å²) in [6.45, 7) is 0.288. The van der Waals surface area contributed by atoms with Gasteiger partial charge >= 0.3 is 6.47 Å². The Balaban J connectivity index is 3.07. The number of carbonyl (C=O) groups excluding carboxylic acids is 1. The Bertz CT molecular complexity index is 285. The lowest BCUT2D eigenvalue weighted by Gasteiger charge is -1.94. The Morgan fingerprint density at radius 1 is 1.45 bits per heavy atom. The van der Waals surface area contributed by atoms with Gasteiger partial charge in [-0.25, -0.2) is 0 Å². The first-order valence-electron chi connectivity index (χ1n) is 2.37. The van der Waals surface area contributed by atoms with Crippen LogP contribution in [0.25, 0.3) is 0 Å². The van der Waals surface area contributed by atoms with Crippen molar-refractivity contribution in [1.82, 2.24) is 9.94 Å². The van der Waals surface area contributed by atoms with Crippen molar-refractivity contribution < 1.29 is 9.63 Å². The van der Waals surface area contributed by atoms with Crippen molar-refractivity contribution in [1.29, 1.82) is 0 Å². The molecule has 0 aliphatic heterocycles. The second-order valence-electron chi connectivity index (χ2n) is 1.47. The van der Waals surface area contributed by atoms with Crippen molar-refractivity contribution in [2.75, 3.05) is 0 Å². The maximum atomic E-state index is 9.91. The second-order valence-corrected chi connectivity index (χ2v) is 3.77. The summed E-state index contributed by atoms with van der Waals surface area (Å²) in [6.07, 6.45) is 0. The molecule has 0 radical (unpaired) electrons. The van der Waals surface area contributed by atoms with Crippen LogP contribution in [0.1, 0.15) is 0 Å². The van der Waals surface area contributed by atoms with Crippen LogP contribution in [0.4, 0.5) is 0 Å². The summed E-state index contributed by atoms with van der Waals surface area (Å²) in [4.78, 5) is 15.4. The molecule has 0 saturated heterocycles. The molecular formula is C4HBr3N2O2. The second kappa shape index (κ2) is 3.68. The average Bonchev–Trinajstić information content (AvgIpc) is 2.19. The normalized spacial score (nSPS) is 9.73. The number of halogens is 3. The predicted octanol–water partition coefficient (Wildman–Crippen LogP) is 1.76. The maximum Gasteiger partial charge on any atom is 0.323 e. The highest BCUT2D eigenvalue weighted by Crippen LogP contribution is 2.29. The van der Waals surface area contributed by atoms with E-state index in [4.69, 9.17) is 0 Å². The molecule has 0 aliphatic rings. The minimum absolute atomic E-state index is 0.288. The van der Waals surface area contributed by atoms with Gasteiger partial charge < -0.3 is 4.84 Å². The van der Waals surface area contributed by atoms with Crippen molar-refractivity contribution >= 4 is 54.3 Å². The third kappa shape index (κ3) is 1.83. The van der Waals surface area contributed by atoms with Gasteiger partial charge in [-0.2, -0.15) is 0 Å². The maximum absolute atomic E-state index is 9.91. The summed E-state index contributed by atoms with van der Waals surface area (Å²) in [5.41, 5.74) is 0. The van der Waals surface area contributed by atoms with Gasteiger partial charge in [0.15, 0.2) is 4.60 Å². The van der Waals surface area contributed by atoms with Gasteiger partial charge in [-0.3, -0.25) is 4.79 Å². The molecule has 0 amide bonds. The summed E-state index contributed by atoms with van der Waals surface area (Å²) in [7, 11) is 0. The number of hydrogen-bond acceptors (Lipinski definition) is 3. The molecule has 1 aromatic heterocycles. The van der Waals surface area contributed by atoms with Crippen LogP contribution in [0, 0.1) is 0 Å². The molecular weight excluding hydrogens is 348 g/mol. The average molecular weight is 349 g/mol. The van der Waals surface area contributed by atoms with E-state index in [1.54, 1.807) is 0 Å². The molecule has 7 heteroatoms. The van der Waals surface area contributed by atoms with Crippen LogP contribution in [-0.4, -0.2) is 16.4 Å².